The highest BCUT2D eigenvalue weighted by atomic mass is 35.5. The van der Waals surface area contributed by atoms with E-state index in [9.17, 15) is 9.59 Å². The molecule has 1 aliphatic heterocycles. The minimum absolute atomic E-state index is 0.0301. The summed E-state index contributed by atoms with van der Waals surface area (Å²) in [7, 11) is 0. The number of rotatable bonds is 8. The summed E-state index contributed by atoms with van der Waals surface area (Å²) in [6, 6.07) is 7.62. The molecule has 0 aliphatic carbocycles. The predicted octanol–water partition coefficient (Wildman–Crippen LogP) is 2.35. The summed E-state index contributed by atoms with van der Waals surface area (Å²) < 4.78 is 0. The van der Waals surface area contributed by atoms with E-state index in [0.717, 1.165) is 18.4 Å². The van der Waals surface area contributed by atoms with E-state index in [-0.39, 0.29) is 24.3 Å². The summed E-state index contributed by atoms with van der Waals surface area (Å²) in [4.78, 5) is 28.4. The van der Waals surface area contributed by atoms with Gasteiger partial charge in [0.2, 0.25) is 11.8 Å². The molecule has 1 atom stereocenters. The number of aliphatic hydroxyl groups is 1. The van der Waals surface area contributed by atoms with E-state index in [1.807, 2.05) is 31.2 Å². The summed E-state index contributed by atoms with van der Waals surface area (Å²) in [5.74, 6) is 0.00289. The number of amides is 2. The second-order valence-corrected chi connectivity index (χ2v) is 6.94. The van der Waals surface area contributed by atoms with E-state index in [1.165, 1.54) is 0 Å². The number of halogens is 1. The third-order valence-electron chi connectivity index (χ3n) is 4.61. The van der Waals surface area contributed by atoms with Crippen LogP contribution in [0.25, 0.3) is 0 Å². The van der Waals surface area contributed by atoms with E-state index in [1.54, 1.807) is 9.80 Å². The molecule has 1 aromatic carbocycles. The van der Waals surface area contributed by atoms with Gasteiger partial charge in [-0.1, -0.05) is 30.7 Å². The molecule has 1 unspecified atom stereocenters. The fraction of sp³-hybridized carbons (Fsp3) is 0.579. The second kappa shape index (κ2) is 9.78. The van der Waals surface area contributed by atoms with Gasteiger partial charge in [-0.05, 0) is 37.0 Å². The van der Waals surface area contributed by atoms with Crippen LogP contribution in [0.3, 0.4) is 0 Å². The van der Waals surface area contributed by atoms with Crippen molar-refractivity contribution in [3.05, 3.63) is 34.9 Å². The van der Waals surface area contributed by atoms with Gasteiger partial charge in [0.1, 0.15) is 0 Å². The van der Waals surface area contributed by atoms with Crippen molar-refractivity contribution in [3.8, 4) is 0 Å². The van der Waals surface area contributed by atoms with Gasteiger partial charge in [0.25, 0.3) is 0 Å². The average molecular weight is 367 g/mol. The van der Waals surface area contributed by atoms with Crippen LogP contribution in [-0.4, -0.2) is 59.5 Å². The SMILES string of the molecule is CCCN(CCO)C(=O)C1CCC(=O)N(CCc2ccc(Cl)cc2)C1. The van der Waals surface area contributed by atoms with Gasteiger partial charge in [0, 0.05) is 37.6 Å². The van der Waals surface area contributed by atoms with Crippen molar-refractivity contribution >= 4 is 23.4 Å². The molecule has 0 saturated carbocycles. The fourth-order valence-corrected chi connectivity index (χ4v) is 3.35. The van der Waals surface area contributed by atoms with Crippen LogP contribution in [0.2, 0.25) is 5.02 Å². The third kappa shape index (κ3) is 5.72. The number of carbonyl (C=O) groups excluding carboxylic acids is 2. The van der Waals surface area contributed by atoms with Crippen molar-refractivity contribution < 1.29 is 14.7 Å². The van der Waals surface area contributed by atoms with Gasteiger partial charge < -0.3 is 14.9 Å². The maximum absolute atomic E-state index is 12.7. The lowest BCUT2D eigenvalue weighted by Gasteiger charge is -2.34. The molecule has 2 rings (SSSR count). The normalized spacial score (nSPS) is 17.6. The molecule has 6 heteroatoms. The van der Waals surface area contributed by atoms with Gasteiger partial charge in [0.05, 0.1) is 12.5 Å². The quantitative estimate of drug-likeness (QED) is 0.768. The number of likely N-dealkylation sites (tertiary alicyclic amines) is 1. The molecule has 0 spiro atoms. The zero-order valence-corrected chi connectivity index (χ0v) is 15.5. The van der Waals surface area contributed by atoms with Crippen LogP contribution in [0, 0.1) is 5.92 Å². The second-order valence-electron chi connectivity index (χ2n) is 6.50. The van der Waals surface area contributed by atoms with Crippen molar-refractivity contribution in [2.75, 3.05) is 32.8 Å². The Bertz CT molecular complexity index is 571. The van der Waals surface area contributed by atoms with Crippen LogP contribution in [0.1, 0.15) is 31.7 Å². The number of aliphatic hydroxyl groups excluding tert-OH is 1. The lowest BCUT2D eigenvalue weighted by atomic mass is 9.95. The van der Waals surface area contributed by atoms with Crippen LogP contribution < -0.4 is 0 Å². The van der Waals surface area contributed by atoms with Gasteiger partial charge in [-0.3, -0.25) is 9.59 Å². The van der Waals surface area contributed by atoms with E-state index in [0.29, 0.717) is 44.0 Å². The maximum Gasteiger partial charge on any atom is 0.227 e. The van der Waals surface area contributed by atoms with E-state index >= 15 is 0 Å². The first-order valence-corrected chi connectivity index (χ1v) is 9.34. The van der Waals surface area contributed by atoms with Gasteiger partial charge >= 0.3 is 0 Å². The summed E-state index contributed by atoms with van der Waals surface area (Å²) in [6.07, 6.45) is 2.62. The van der Waals surface area contributed by atoms with Gasteiger partial charge in [-0.15, -0.1) is 0 Å². The first kappa shape index (κ1) is 19.7. The number of hydrogen-bond donors (Lipinski definition) is 1. The molecule has 0 radical (unpaired) electrons. The molecule has 0 aromatic heterocycles. The number of piperidine rings is 1. The van der Waals surface area contributed by atoms with Gasteiger partial charge in [0.15, 0.2) is 0 Å². The Morgan fingerprint density at radius 2 is 2.04 bits per heavy atom. The molecule has 1 saturated heterocycles. The highest BCUT2D eigenvalue weighted by Crippen LogP contribution is 2.21. The van der Waals surface area contributed by atoms with Crippen LogP contribution in [0.5, 0.6) is 0 Å². The van der Waals surface area contributed by atoms with Gasteiger partial charge in [-0.2, -0.15) is 0 Å². The fourth-order valence-electron chi connectivity index (χ4n) is 3.23. The summed E-state index contributed by atoms with van der Waals surface area (Å²) in [5, 5.41) is 9.86. The number of carbonyl (C=O) groups is 2. The molecule has 1 N–H and O–H groups in total. The first-order chi connectivity index (χ1) is 12.0. The standard InChI is InChI=1S/C19H27ClN2O3/c1-2-10-21(12-13-23)19(25)16-5-8-18(24)22(14-16)11-9-15-3-6-17(20)7-4-15/h3-4,6-7,16,23H,2,5,8-14H2,1H3. The first-order valence-electron chi connectivity index (χ1n) is 8.97. The number of benzene rings is 1. The molecule has 1 fully saturated rings. The van der Waals surface area contributed by atoms with E-state index < -0.39 is 0 Å². The maximum atomic E-state index is 12.7. The molecular formula is C19H27ClN2O3. The van der Waals surface area contributed by atoms with Crippen molar-refractivity contribution in [2.45, 2.75) is 32.6 Å². The summed E-state index contributed by atoms with van der Waals surface area (Å²) >= 11 is 5.89. The molecule has 1 aliphatic rings. The molecule has 25 heavy (non-hydrogen) atoms. The Balaban J connectivity index is 1.94. The monoisotopic (exact) mass is 366 g/mol. The Labute approximate surface area is 154 Å². The predicted molar refractivity (Wildman–Crippen MR) is 98.4 cm³/mol. The Hall–Kier alpha value is -1.59. The topological polar surface area (TPSA) is 60.9 Å². The Morgan fingerprint density at radius 1 is 1.32 bits per heavy atom. The van der Waals surface area contributed by atoms with Crippen molar-refractivity contribution in [3.63, 3.8) is 0 Å². The zero-order valence-electron chi connectivity index (χ0n) is 14.8. The minimum Gasteiger partial charge on any atom is -0.395 e. The Kier molecular flexibility index (Phi) is 7.72. The summed E-state index contributed by atoms with van der Waals surface area (Å²) in [5.41, 5.74) is 1.12. The van der Waals surface area contributed by atoms with Crippen LogP contribution >= 0.6 is 11.6 Å². The van der Waals surface area contributed by atoms with Crippen molar-refractivity contribution in [1.82, 2.24) is 9.80 Å². The Morgan fingerprint density at radius 3 is 2.68 bits per heavy atom. The lowest BCUT2D eigenvalue weighted by Crippen LogP contribution is -2.48. The molecule has 2 amide bonds. The van der Waals surface area contributed by atoms with Crippen molar-refractivity contribution in [2.24, 2.45) is 5.92 Å². The molecule has 1 heterocycles. The smallest absolute Gasteiger partial charge is 0.227 e. The number of hydrogen-bond acceptors (Lipinski definition) is 3. The van der Waals surface area contributed by atoms with E-state index in [4.69, 9.17) is 16.7 Å². The molecule has 138 valence electrons. The van der Waals surface area contributed by atoms with Crippen LogP contribution in [0.4, 0.5) is 0 Å². The molecule has 5 nitrogen and oxygen atoms in total. The molecule has 1 aromatic rings. The molecule has 0 bridgehead atoms. The lowest BCUT2D eigenvalue weighted by molar-refractivity contribution is -0.143. The average Bonchev–Trinajstić information content (AvgIpc) is 2.61. The number of nitrogens with zero attached hydrogens (tertiary/aromatic N) is 2. The third-order valence-corrected chi connectivity index (χ3v) is 4.86. The van der Waals surface area contributed by atoms with Crippen LogP contribution in [-0.2, 0) is 16.0 Å². The largest absolute Gasteiger partial charge is 0.395 e. The van der Waals surface area contributed by atoms with Gasteiger partial charge in [-0.25, -0.2) is 0 Å². The summed E-state index contributed by atoms with van der Waals surface area (Å²) in [6.45, 7) is 4.07. The van der Waals surface area contributed by atoms with Crippen molar-refractivity contribution in [1.29, 1.82) is 0 Å². The minimum atomic E-state index is -0.166. The molecular weight excluding hydrogens is 340 g/mol. The highest BCUT2D eigenvalue weighted by Gasteiger charge is 2.32. The van der Waals surface area contributed by atoms with E-state index in [2.05, 4.69) is 0 Å². The van der Waals surface area contributed by atoms with Crippen LogP contribution in [0.15, 0.2) is 24.3 Å². The zero-order chi connectivity index (χ0) is 18.2. The highest BCUT2D eigenvalue weighted by molar-refractivity contribution is 6.30.